The lowest BCUT2D eigenvalue weighted by atomic mass is 9.78. The van der Waals surface area contributed by atoms with Crippen LogP contribution < -0.4 is 5.32 Å². The Morgan fingerprint density at radius 3 is 2.89 bits per heavy atom. The van der Waals surface area contributed by atoms with Gasteiger partial charge in [0.15, 0.2) is 0 Å². The highest BCUT2D eigenvalue weighted by atomic mass is 35.5. The molecule has 0 spiro atoms. The molecule has 5 heteroatoms. The number of hydrogen-bond donors (Lipinski definition) is 1. The van der Waals surface area contributed by atoms with E-state index >= 15 is 0 Å². The molecule has 0 saturated heterocycles. The molecule has 2 saturated carbocycles. The van der Waals surface area contributed by atoms with Crippen molar-refractivity contribution in [1.82, 2.24) is 5.32 Å². The summed E-state index contributed by atoms with van der Waals surface area (Å²) in [6.07, 6.45) is 10.9. The average Bonchev–Trinajstić information content (AvgIpc) is 3.29. The molecule has 152 valence electrons. The first-order valence-corrected chi connectivity index (χ1v) is 10.7. The first-order valence-electron chi connectivity index (χ1n) is 10.3. The molecule has 2 fully saturated rings. The summed E-state index contributed by atoms with van der Waals surface area (Å²) in [7, 11) is 1.42. The van der Waals surface area contributed by atoms with Crippen molar-refractivity contribution >= 4 is 23.5 Å². The van der Waals surface area contributed by atoms with Crippen molar-refractivity contribution in [3.8, 4) is 0 Å². The highest BCUT2D eigenvalue weighted by Crippen LogP contribution is 2.52. The molecule has 1 aromatic carbocycles. The summed E-state index contributed by atoms with van der Waals surface area (Å²) in [5, 5.41) is 3.89. The Hall–Kier alpha value is -1.81. The lowest BCUT2D eigenvalue weighted by Gasteiger charge is -2.28. The number of rotatable bonds is 9. The number of fused-ring (bicyclic) bond motifs is 2. The number of halogens is 1. The number of carbonyl (C=O) groups excluding carboxylic acids is 2. The molecule has 0 heterocycles. The molecule has 0 aliphatic heterocycles. The van der Waals surface area contributed by atoms with Gasteiger partial charge in [0.25, 0.3) is 0 Å². The first kappa shape index (κ1) is 20.9. The second kappa shape index (κ2) is 10.1. The predicted molar refractivity (Wildman–Crippen MR) is 111 cm³/mol. The summed E-state index contributed by atoms with van der Waals surface area (Å²) in [6, 6.07) is 7.79. The quantitative estimate of drug-likeness (QED) is 0.373. The third kappa shape index (κ3) is 5.38. The minimum atomic E-state index is -0.162. The number of unbranched alkanes of at least 4 members (excludes halogenated alkanes) is 1. The fraction of sp³-hybridized carbons (Fsp3) is 0.565. The second-order valence-electron chi connectivity index (χ2n) is 8.00. The van der Waals surface area contributed by atoms with Gasteiger partial charge in [0.2, 0.25) is 5.91 Å². The maximum atomic E-state index is 12.9. The largest absolute Gasteiger partial charge is 0.469 e. The van der Waals surface area contributed by atoms with Gasteiger partial charge in [-0.3, -0.25) is 9.59 Å². The van der Waals surface area contributed by atoms with Crippen molar-refractivity contribution in [3.63, 3.8) is 0 Å². The number of amides is 1. The molecular formula is C23H30ClNO3. The monoisotopic (exact) mass is 403 g/mol. The minimum absolute atomic E-state index is 0.0926. The maximum absolute atomic E-state index is 12.9. The van der Waals surface area contributed by atoms with Gasteiger partial charge in [0.05, 0.1) is 7.11 Å². The zero-order valence-electron chi connectivity index (χ0n) is 16.5. The molecule has 2 bridgehead atoms. The van der Waals surface area contributed by atoms with Gasteiger partial charge >= 0.3 is 5.97 Å². The molecule has 4 nitrogen and oxygen atoms in total. The molecule has 1 aromatic rings. The standard InChI is InChI=1S/C23H30ClNO3/c1-28-21(26)9-4-2-3-8-20-17-10-11-18(15-17)22(20)23(27)25-13-12-16-6-5-7-19(24)14-16/h3,5-8,14,17-18,20,22H,2,4,9-13,15H2,1H3,(H,25,27). The van der Waals surface area contributed by atoms with Crippen molar-refractivity contribution in [3.05, 3.63) is 47.0 Å². The van der Waals surface area contributed by atoms with E-state index in [4.69, 9.17) is 11.6 Å². The molecule has 2 aliphatic rings. The molecule has 3 rings (SSSR count). The molecule has 4 unspecified atom stereocenters. The minimum Gasteiger partial charge on any atom is -0.469 e. The Morgan fingerprint density at radius 2 is 2.11 bits per heavy atom. The maximum Gasteiger partial charge on any atom is 0.305 e. The summed E-state index contributed by atoms with van der Waals surface area (Å²) in [5.74, 6) is 1.60. The summed E-state index contributed by atoms with van der Waals surface area (Å²) >= 11 is 6.03. The van der Waals surface area contributed by atoms with Gasteiger partial charge < -0.3 is 10.1 Å². The van der Waals surface area contributed by atoms with Crippen LogP contribution >= 0.6 is 11.6 Å². The van der Waals surface area contributed by atoms with E-state index in [9.17, 15) is 9.59 Å². The van der Waals surface area contributed by atoms with Crippen molar-refractivity contribution in [2.24, 2.45) is 23.7 Å². The van der Waals surface area contributed by atoms with Crippen LogP contribution in [0.25, 0.3) is 0 Å². The zero-order chi connectivity index (χ0) is 19.9. The van der Waals surface area contributed by atoms with Crippen LogP contribution in [-0.2, 0) is 20.7 Å². The highest BCUT2D eigenvalue weighted by molar-refractivity contribution is 6.30. The van der Waals surface area contributed by atoms with E-state index < -0.39 is 0 Å². The average molecular weight is 404 g/mol. The van der Waals surface area contributed by atoms with E-state index in [1.807, 2.05) is 24.3 Å². The van der Waals surface area contributed by atoms with Gasteiger partial charge in [-0.15, -0.1) is 0 Å². The summed E-state index contributed by atoms with van der Waals surface area (Å²) in [6.45, 7) is 0.641. The van der Waals surface area contributed by atoms with Crippen LogP contribution in [0.1, 0.15) is 44.1 Å². The molecule has 1 N–H and O–H groups in total. The Balaban J connectivity index is 1.49. The van der Waals surface area contributed by atoms with Crippen LogP contribution in [0.3, 0.4) is 0 Å². The smallest absolute Gasteiger partial charge is 0.305 e. The molecule has 0 aromatic heterocycles. The van der Waals surface area contributed by atoms with Gasteiger partial charge in [-0.2, -0.15) is 0 Å². The molecular weight excluding hydrogens is 374 g/mol. The van der Waals surface area contributed by atoms with Crippen LogP contribution in [-0.4, -0.2) is 25.5 Å². The second-order valence-corrected chi connectivity index (χ2v) is 8.44. The number of ether oxygens (including phenoxy) is 1. The van der Waals surface area contributed by atoms with E-state index in [2.05, 4.69) is 22.2 Å². The van der Waals surface area contributed by atoms with Crippen LogP contribution in [0.5, 0.6) is 0 Å². The van der Waals surface area contributed by atoms with Crippen molar-refractivity contribution in [1.29, 1.82) is 0 Å². The van der Waals surface area contributed by atoms with E-state index in [0.29, 0.717) is 30.7 Å². The topological polar surface area (TPSA) is 55.4 Å². The Morgan fingerprint density at radius 1 is 1.29 bits per heavy atom. The predicted octanol–water partition coefficient (Wildman–Crippen LogP) is 4.56. The van der Waals surface area contributed by atoms with Crippen molar-refractivity contribution < 1.29 is 14.3 Å². The fourth-order valence-corrected chi connectivity index (χ4v) is 5.07. The lowest BCUT2D eigenvalue weighted by molar-refractivity contribution is -0.140. The fourth-order valence-electron chi connectivity index (χ4n) is 4.86. The van der Waals surface area contributed by atoms with Crippen LogP contribution in [0, 0.1) is 23.7 Å². The number of nitrogens with one attached hydrogen (secondary N) is 1. The van der Waals surface area contributed by atoms with Crippen LogP contribution in [0.2, 0.25) is 5.02 Å². The number of hydrogen-bond acceptors (Lipinski definition) is 3. The van der Waals surface area contributed by atoms with E-state index in [1.54, 1.807) is 0 Å². The normalized spacial score (nSPS) is 25.9. The van der Waals surface area contributed by atoms with Gasteiger partial charge in [-0.25, -0.2) is 0 Å². The van der Waals surface area contributed by atoms with E-state index in [1.165, 1.54) is 26.4 Å². The zero-order valence-corrected chi connectivity index (χ0v) is 17.3. The number of benzene rings is 1. The number of esters is 1. The molecule has 0 radical (unpaired) electrons. The number of allylic oxidation sites excluding steroid dienone is 2. The Labute approximate surface area is 172 Å². The first-order chi connectivity index (χ1) is 13.6. The van der Waals surface area contributed by atoms with Crippen LogP contribution in [0.15, 0.2) is 36.4 Å². The summed E-state index contributed by atoms with van der Waals surface area (Å²) in [4.78, 5) is 24.1. The van der Waals surface area contributed by atoms with Gasteiger partial charge in [-0.1, -0.05) is 35.9 Å². The third-order valence-electron chi connectivity index (χ3n) is 6.22. The third-order valence-corrected chi connectivity index (χ3v) is 6.46. The Bertz CT molecular complexity index is 718. The van der Waals surface area contributed by atoms with Gasteiger partial charge in [0.1, 0.15) is 0 Å². The number of carbonyl (C=O) groups is 2. The lowest BCUT2D eigenvalue weighted by Crippen LogP contribution is -2.38. The summed E-state index contributed by atoms with van der Waals surface area (Å²) < 4.78 is 4.67. The number of methoxy groups -OCH3 is 1. The van der Waals surface area contributed by atoms with Gasteiger partial charge in [0, 0.05) is 23.9 Å². The molecule has 28 heavy (non-hydrogen) atoms. The highest BCUT2D eigenvalue weighted by Gasteiger charge is 2.49. The van der Waals surface area contributed by atoms with E-state index in [-0.39, 0.29) is 17.8 Å². The molecule has 2 aliphatic carbocycles. The Kier molecular flexibility index (Phi) is 7.55. The SMILES string of the molecule is COC(=O)CCCC=CC1C2CCC(C2)C1C(=O)NCCc1cccc(Cl)c1. The van der Waals surface area contributed by atoms with E-state index in [0.717, 1.165) is 29.8 Å². The van der Waals surface area contributed by atoms with Crippen molar-refractivity contribution in [2.75, 3.05) is 13.7 Å². The van der Waals surface area contributed by atoms with Crippen molar-refractivity contribution in [2.45, 2.75) is 44.9 Å². The molecule has 1 amide bonds. The molecule has 4 atom stereocenters. The van der Waals surface area contributed by atoms with Crippen LogP contribution in [0.4, 0.5) is 0 Å². The van der Waals surface area contributed by atoms with Gasteiger partial charge in [-0.05, 0) is 74.0 Å². The summed E-state index contributed by atoms with van der Waals surface area (Å²) in [5.41, 5.74) is 1.14.